The quantitative estimate of drug-likeness (QED) is 0.0889. The van der Waals surface area contributed by atoms with Gasteiger partial charge in [-0.05, 0) is 178 Å². The lowest BCUT2D eigenvalue weighted by atomic mass is 9.98. The van der Waals surface area contributed by atoms with Crippen LogP contribution in [0.5, 0.6) is 0 Å². The highest BCUT2D eigenvalue weighted by Gasteiger charge is 2.23. The molecule has 8 bridgehead atoms. The van der Waals surface area contributed by atoms with E-state index in [9.17, 15) is 19.8 Å². The Morgan fingerprint density at radius 3 is 1.53 bits per heavy atom. The van der Waals surface area contributed by atoms with Crippen LogP contribution in [0.2, 0.25) is 0 Å². The molecule has 62 heavy (non-hydrogen) atoms. The largest absolute Gasteiger partial charge is 0.481 e. The second-order valence-electron chi connectivity index (χ2n) is 17.2. The highest BCUT2D eigenvalue weighted by molar-refractivity contribution is 5.97. The zero-order valence-corrected chi connectivity index (χ0v) is 38.4. The predicted molar refractivity (Wildman–Crippen MR) is 261 cm³/mol. The van der Waals surface area contributed by atoms with Gasteiger partial charge in [-0.3, -0.25) is 9.59 Å². The molecule has 0 aliphatic carbocycles. The van der Waals surface area contributed by atoms with Crippen LogP contribution in [0.4, 0.5) is 0 Å². The van der Waals surface area contributed by atoms with Crippen LogP contribution in [-0.2, 0) is 9.59 Å². The van der Waals surface area contributed by atoms with Gasteiger partial charge in [0.15, 0.2) is 0 Å². The molecule has 0 saturated heterocycles. The number of rotatable bonds is 19. The molecule has 326 valence electrons. The highest BCUT2D eigenvalue weighted by Crippen LogP contribution is 2.38. The van der Waals surface area contributed by atoms with Gasteiger partial charge in [0.05, 0.1) is 22.8 Å². The van der Waals surface area contributed by atoms with E-state index in [4.69, 9.17) is 9.97 Å². The zero-order valence-electron chi connectivity index (χ0n) is 38.4. The van der Waals surface area contributed by atoms with Crippen molar-refractivity contribution in [3.05, 3.63) is 129 Å². The van der Waals surface area contributed by atoms with E-state index in [1.165, 1.54) is 22.3 Å². The van der Waals surface area contributed by atoms with Crippen molar-refractivity contribution in [2.45, 2.75) is 133 Å². The van der Waals surface area contributed by atoms with Crippen LogP contribution in [0, 0.1) is 13.8 Å². The average molecular weight is 835 g/mol. The molecule has 5 heterocycles. The van der Waals surface area contributed by atoms with Gasteiger partial charge in [-0.15, -0.1) is 0 Å². The van der Waals surface area contributed by atoms with E-state index in [2.05, 4.69) is 108 Å². The molecule has 5 rings (SSSR count). The first-order chi connectivity index (χ1) is 29.6. The van der Waals surface area contributed by atoms with Crippen molar-refractivity contribution in [2.24, 2.45) is 0 Å². The summed E-state index contributed by atoms with van der Waals surface area (Å²) in [5.74, 6) is -1.77. The van der Waals surface area contributed by atoms with Gasteiger partial charge < -0.3 is 20.2 Å². The summed E-state index contributed by atoms with van der Waals surface area (Å²) >= 11 is 0. The van der Waals surface area contributed by atoms with E-state index in [-0.39, 0.29) is 12.8 Å². The third-order valence-corrected chi connectivity index (χ3v) is 12.1. The van der Waals surface area contributed by atoms with E-state index in [0.717, 1.165) is 123 Å². The van der Waals surface area contributed by atoms with Gasteiger partial charge in [-0.2, -0.15) is 0 Å². The number of H-pyrrole nitrogens is 2. The Kier molecular flexibility index (Phi) is 16.4. The van der Waals surface area contributed by atoms with E-state index >= 15 is 0 Å². The fraction of sp³-hybridized carbons (Fsp3) is 0.370. The van der Waals surface area contributed by atoms with E-state index < -0.39 is 11.9 Å². The minimum Gasteiger partial charge on any atom is -0.481 e. The smallest absolute Gasteiger partial charge is 0.303 e. The summed E-state index contributed by atoms with van der Waals surface area (Å²) < 4.78 is 0. The Bertz CT molecular complexity index is 2610. The lowest BCUT2D eigenvalue weighted by Gasteiger charge is -2.05. The number of allylic oxidation sites excluding steroid dienone is 13. The van der Waals surface area contributed by atoms with Crippen LogP contribution in [0.1, 0.15) is 164 Å². The molecule has 3 aromatic rings. The van der Waals surface area contributed by atoms with Gasteiger partial charge in [0, 0.05) is 46.0 Å². The lowest BCUT2D eigenvalue weighted by Crippen LogP contribution is -1.97. The van der Waals surface area contributed by atoms with Gasteiger partial charge in [0.25, 0.3) is 0 Å². The van der Waals surface area contributed by atoms with E-state index in [1.54, 1.807) is 0 Å². The number of aryl methyl sites for hydroxylation is 2. The van der Waals surface area contributed by atoms with Crippen molar-refractivity contribution >= 4 is 68.4 Å². The summed E-state index contributed by atoms with van der Waals surface area (Å²) in [4.78, 5) is 41.0. The Hall–Kier alpha value is -6.02. The topological polar surface area (TPSA) is 132 Å². The summed E-state index contributed by atoms with van der Waals surface area (Å²) in [5, 5.41) is 19.3. The van der Waals surface area contributed by atoms with Crippen molar-refractivity contribution in [2.75, 3.05) is 0 Å². The van der Waals surface area contributed by atoms with Crippen molar-refractivity contribution in [1.82, 2.24) is 19.9 Å². The van der Waals surface area contributed by atoms with Crippen LogP contribution < -0.4 is 0 Å². The molecule has 0 amide bonds. The van der Waals surface area contributed by atoms with Crippen LogP contribution in [0.3, 0.4) is 0 Å². The first-order valence-electron chi connectivity index (χ1n) is 22.0. The molecule has 0 atom stereocenters. The second kappa shape index (κ2) is 21.7. The van der Waals surface area contributed by atoms with E-state index in [0.29, 0.717) is 24.2 Å². The molecule has 0 radical (unpaired) electrons. The molecule has 0 saturated carbocycles. The Morgan fingerprint density at radius 2 is 1.03 bits per heavy atom. The minimum atomic E-state index is -0.887. The van der Waals surface area contributed by atoms with Crippen molar-refractivity contribution in [3.63, 3.8) is 0 Å². The molecule has 3 aromatic heterocycles. The molecular weight excluding hydrogens is 769 g/mol. The van der Waals surface area contributed by atoms with Crippen LogP contribution in [0.15, 0.2) is 83.5 Å². The van der Waals surface area contributed by atoms with Gasteiger partial charge in [0.2, 0.25) is 0 Å². The number of hydrogen-bond donors (Lipinski definition) is 4. The molecule has 2 aliphatic rings. The number of nitrogens with zero attached hydrogens (tertiary/aromatic N) is 2. The van der Waals surface area contributed by atoms with Gasteiger partial charge >= 0.3 is 11.9 Å². The fourth-order valence-electron chi connectivity index (χ4n) is 8.16. The van der Waals surface area contributed by atoms with Gasteiger partial charge in [-0.1, -0.05) is 71.4 Å². The second-order valence-corrected chi connectivity index (χ2v) is 17.2. The summed E-state index contributed by atoms with van der Waals surface area (Å²) in [6, 6.07) is 8.09. The average Bonchev–Trinajstić information content (AvgIpc) is 3.87. The molecule has 0 fully saturated rings. The van der Waals surface area contributed by atoms with Gasteiger partial charge in [-0.25, -0.2) is 9.97 Å². The first-order valence-corrected chi connectivity index (χ1v) is 22.0. The molecule has 0 aromatic carbocycles. The summed E-state index contributed by atoms with van der Waals surface area (Å²) in [7, 11) is 0. The maximum Gasteiger partial charge on any atom is 0.303 e. The number of carboxylic acid groups (broad SMARTS) is 2. The number of aliphatic carboxylic acids is 2. The van der Waals surface area contributed by atoms with Crippen molar-refractivity contribution < 1.29 is 19.8 Å². The van der Waals surface area contributed by atoms with Crippen molar-refractivity contribution in [3.8, 4) is 0 Å². The summed E-state index contributed by atoms with van der Waals surface area (Å²) in [5.41, 5.74) is 19.7. The van der Waals surface area contributed by atoms with Crippen molar-refractivity contribution in [1.29, 1.82) is 0 Å². The predicted octanol–water partition coefficient (Wildman–Crippen LogP) is 14.7. The van der Waals surface area contributed by atoms with Crippen LogP contribution in [0.25, 0.3) is 56.5 Å². The zero-order chi connectivity index (χ0) is 45.1. The normalized spacial score (nSPS) is 13.7. The maximum absolute atomic E-state index is 11.8. The number of aromatic amines is 2. The standard InChI is InChI=1S/C54H66N4O4/c1-11-41-37(7)47-31-50-42(24-13-12-18-34(4)20-15-22-36(6)23-16-21-35(5)19-14-17-33(2)3)38(8)45(56-50)29-46-39(9)43(25-27-53(59)60)51(57-46)32-52-44(26-28-54(61)62)40(10)48(58-52)30-49(41)55-47/h11,13,17-18,21-22,24,29-32,55-56H,1,12,14-16,19-20,23,25-28H2,2-10H3,(H,59,60)(H,61,62)/b24-13+,34-18+,35-21+,36-22+,45-29?,46-29?,47-31?,48-30?,49-30?,50-31?,51-32?,52-32?. The number of nitrogens with one attached hydrogen (secondary N) is 2. The monoisotopic (exact) mass is 835 g/mol. The van der Waals surface area contributed by atoms with Gasteiger partial charge in [0.1, 0.15) is 0 Å². The SMILES string of the molecule is C=Cc1c(C)c2cc3[nH]c(cc4nc(cc5nc(cc1[nH]2)C(C)=C5CCC(=O)O)C(CCC(=O)O)=C4C)c(C)c3/C=C/C/C=C(\C)CC/C=C(\C)CC/C=C(\C)CCC=C(C)C. The highest BCUT2D eigenvalue weighted by atomic mass is 16.4. The summed E-state index contributed by atoms with van der Waals surface area (Å²) in [6.07, 6.45) is 23.6. The molecule has 0 spiro atoms. The number of hydrogen-bond acceptors (Lipinski definition) is 4. The Morgan fingerprint density at radius 1 is 0.581 bits per heavy atom. The fourth-order valence-corrected chi connectivity index (χ4v) is 8.16. The maximum atomic E-state index is 11.8. The Balaban J connectivity index is 1.51. The lowest BCUT2D eigenvalue weighted by molar-refractivity contribution is -0.137. The molecule has 8 nitrogen and oxygen atoms in total. The summed E-state index contributed by atoms with van der Waals surface area (Å²) in [6.45, 7) is 23.3. The number of carboxylic acids is 2. The third-order valence-electron chi connectivity index (χ3n) is 12.1. The van der Waals surface area contributed by atoms with Crippen LogP contribution in [-0.4, -0.2) is 42.1 Å². The molecule has 4 N–H and O–H groups in total. The molecule has 0 unspecified atom stereocenters. The first kappa shape index (κ1) is 47.0. The Labute approximate surface area is 368 Å². The third kappa shape index (κ3) is 12.3. The number of carbonyl (C=O) groups is 2. The number of fused-ring (bicyclic) bond motifs is 8. The molecule has 8 heteroatoms. The number of aromatic nitrogens is 4. The van der Waals surface area contributed by atoms with Crippen LogP contribution >= 0.6 is 0 Å². The van der Waals surface area contributed by atoms with E-state index in [1.807, 2.05) is 38.1 Å². The molecular formula is C54H66N4O4. The molecule has 2 aliphatic heterocycles. The minimum absolute atomic E-state index is 0.0429.